The fourth-order valence-electron chi connectivity index (χ4n) is 1.50. The average molecular weight is 286 g/mol. The topological polar surface area (TPSA) is 103 Å². The number of carbonyl (C=O) groups excluding carboxylic acids is 1. The predicted molar refractivity (Wildman–Crippen MR) is 71.8 cm³/mol. The number of ether oxygens (including phenoxy) is 1. The van der Waals surface area contributed by atoms with Gasteiger partial charge in [-0.2, -0.15) is 0 Å². The van der Waals surface area contributed by atoms with E-state index in [1.54, 1.807) is 26.2 Å². The Morgan fingerprint density at radius 1 is 1.53 bits per heavy atom. The molecule has 1 aromatic rings. The first-order valence-electron chi connectivity index (χ1n) is 5.82. The van der Waals surface area contributed by atoms with Crippen LogP contribution >= 0.6 is 11.3 Å². The van der Waals surface area contributed by atoms with Gasteiger partial charge in [0.2, 0.25) is 0 Å². The summed E-state index contributed by atoms with van der Waals surface area (Å²) in [5.74, 6) is -2.42. The molecule has 0 bridgehead atoms. The van der Waals surface area contributed by atoms with Crippen LogP contribution in [0.25, 0.3) is 0 Å². The fraction of sp³-hybridized carbons (Fsp3) is 0.583. The van der Waals surface area contributed by atoms with Crippen LogP contribution in [-0.4, -0.2) is 27.6 Å². The molecule has 0 unspecified atom stereocenters. The smallest absolute Gasteiger partial charge is 0.307 e. The molecule has 0 aliphatic heterocycles. The second-order valence-electron chi connectivity index (χ2n) is 5.21. The van der Waals surface area contributed by atoms with Crippen molar-refractivity contribution in [3.05, 3.63) is 11.1 Å². The largest absolute Gasteiger partial charge is 0.481 e. The van der Waals surface area contributed by atoms with Gasteiger partial charge in [0.15, 0.2) is 5.13 Å². The lowest BCUT2D eigenvalue weighted by molar-refractivity contribution is -0.159. The maximum Gasteiger partial charge on any atom is 0.307 e. The van der Waals surface area contributed by atoms with E-state index in [2.05, 4.69) is 4.98 Å². The first kappa shape index (κ1) is 15.4. The van der Waals surface area contributed by atoms with Gasteiger partial charge in [0.05, 0.1) is 18.0 Å². The highest BCUT2D eigenvalue weighted by atomic mass is 32.1. The molecule has 0 aliphatic carbocycles. The van der Waals surface area contributed by atoms with Gasteiger partial charge in [-0.3, -0.25) is 9.59 Å². The zero-order valence-corrected chi connectivity index (χ0v) is 12.0. The molecule has 1 aromatic heterocycles. The average Bonchev–Trinajstić information content (AvgIpc) is 2.60. The molecule has 0 aromatic carbocycles. The molecule has 1 atom stereocenters. The summed E-state index contributed by atoms with van der Waals surface area (Å²) in [7, 11) is 0. The van der Waals surface area contributed by atoms with Crippen molar-refractivity contribution in [3.63, 3.8) is 0 Å². The molecule has 106 valence electrons. The molecule has 1 rings (SSSR count). The van der Waals surface area contributed by atoms with E-state index in [0.717, 1.165) is 0 Å². The van der Waals surface area contributed by atoms with Crippen LogP contribution in [0.3, 0.4) is 0 Å². The normalized spacial score (nSPS) is 13.0. The van der Waals surface area contributed by atoms with Crippen molar-refractivity contribution in [2.24, 2.45) is 5.92 Å². The molecule has 0 spiro atoms. The third kappa shape index (κ3) is 5.69. The maximum absolute atomic E-state index is 11.6. The maximum atomic E-state index is 11.6. The molecule has 0 fully saturated rings. The standard InChI is InChI=1S/C12H18N2O4S/c1-12(2,3)18-9(15)5-7(10(16)17)4-8-6-19-11(13)14-8/h6-7H,4-5H2,1-3H3,(H2,13,14)(H,16,17)/t7-/m1/s1. The number of aromatic nitrogens is 1. The van der Waals surface area contributed by atoms with Crippen molar-refractivity contribution < 1.29 is 19.4 Å². The molecule has 19 heavy (non-hydrogen) atoms. The van der Waals surface area contributed by atoms with Crippen LogP contribution in [0.5, 0.6) is 0 Å². The van der Waals surface area contributed by atoms with E-state index in [4.69, 9.17) is 15.6 Å². The first-order valence-corrected chi connectivity index (χ1v) is 6.70. The van der Waals surface area contributed by atoms with Crippen molar-refractivity contribution in [1.82, 2.24) is 4.98 Å². The Kier molecular flexibility index (Phi) is 4.88. The number of nitrogens with zero attached hydrogens (tertiary/aromatic N) is 1. The fourth-order valence-corrected chi connectivity index (χ4v) is 2.08. The molecule has 0 saturated heterocycles. The van der Waals surface area contributed by atoms with Gasteiger partial charge in [-0.1, -0.05) is 0 Å². The molecule has 7 heteroatoms. The van der Waals surface area contributed by atoms with Crippen LogP contribution in [0.15, 0.2) is 5.38 Å². The number of esters is 1. The number of carboxylic acid groups (broad SMARTS) is 1. The summed E-state index contributed by atoms with van der Waals surface area (Å²) in [5.41, 5.74) is 5.45. The Morgan fingerprint density at radius 2 is 2.16 bits per heavy atom. The van der Waals surface area contributed by atoms with Gasteiger partial charge < -0.3 is 15.6 Å². The Labute approximate surface area is 115 Å². The second kappa shape index (κ2) is 6.01. The van der Waals surface area contributed by atoms with E-state index in [-0.39, 0.29) is 12.8 Å². The number of nitrogens with two attached hydrogens (primary N) is 1. The highest BCUT2D eigenvalue weighted by Gasteiger charge is 2.26. The van der Waals surface area contributed by atoms with Crippen molar-refractivity contribution in [2.45, 2.75) is 39.2 Å². The Bertz CT molecular complexity index is 465. The Morgan fingerprint density at radius 3 is 2.58 bits per heavy atom. The van der Waals surface area contributed by atoms with E-state index in [1.165, 1.54) is 11.3 Å². The monoisotopic (exact) mass is 286 g/mol. The van der Waals surface area contributed by atoms with Gasteiger partial charge in [-0.25, -0.2) is 4.98 Å². The summed E-state index contributed by atoms with van der Waals surface area (Å²) in [4.78, 5) is 26.8. The number of carboxylic acids is 1. The van der Waals surface area contributed by atoms with Crippen LogP contribution in [0.2, 0.25) is 0 Å². The molecule has 0 amide bonds. The van der Waals surface area contributed by atoms with Crippen LogP contribution < -0.4 is 5.73 Å². The highest BCUT2D eigenvalue weighted by Crippen LogP contribution is 2.19. The third-order valence-electron chi connectivity index (χ3n) is 2.21. The number of thiazole rings is 1. The van der Waals surface area contributed by atoms with Crippen LogP contribution in [0.4, 0.5) is 5.13 Å². The minimum atomic E-state index is -1.04. The molecule has 0 radical (unpaired) electrons. The van der Waals surface area contributed by atoms with Gasteiger partial charge in [-0.05, 0) is 20.8 Å². The quantitative estimate of drug-likeness (QED) is 0.799. The summed E-state index contributed by atoms with van der Waals surface area (Å²) < 4.78 is 5.12. The van der Waals surface area contributed by atoms with E-state index >= 15 is 0 Å². The van der Waals surface area contributed by atoms with Crippen LogP contribution in [0.1, 0.15) is 32.9 Å². The molecule has 0 saturated carbocycles. The van der Waals surface area contributed by atoms with Crippen molar-refractivity contribution in [1.29, 1.82) is 0 Å². The lowest BCUT2D eigenvalue weighted by Gasteiger charge is -2.20. The molecule has 1 heterocycles. The number of rotatable bonds is 5. The number of anilines is 1. The lowest BCUT2D eigenvalue weighted by Crippen LogP contribution is -2.28. The number of nitrogen functional groups attached to an aromatic ring is 1. The van der Waals surface area contributed by atoms with E-state index < -0.39 is 23.5 Å². The summed E-state index contributed by atoms with van der Waals surface area (Å²) in [5, 5.41) is 11.2. The van der Waals surface area contributed by atoms with Crippen LogP contribution in [0, 0.1) is 5.92 Å². The molecule has 6 nitrogen and oxygen atoms in total. The SMILES string of the molecule is CC(C)(C)OC(=O)C[C@@H](Cc1csc(N)n1)C(=O)O. The number of carbonyl (C=O) groups is 2. The Balaban J connectivity index is 2.63. The summed E-state index contributed by atoms with van der Waals surface area (Å²) in [6.45, 7) is 5.21. The van der Waals surface area contributed by atoms with E-state index in [1.807, 2.05) is 0 Å². The van der Waals surface area contributed by atoms with Gasteiger partial charge in [0, 0.05) is 11.8 Å². The van der Waals surface area contributed by atoms with E-state index in [0.29, 0.717) is 10.8 Å². The first-order chi connectivity index (χ1) is 8.67. The third-order valence-corrected chi connectivity index (χ3v) is 2.93. The Hall–Kier alpha value is -1.63. The summed E-state index contributed by atoms with van der Waals surface area (Å²) in [6.07, 6.45) is -0.00763. The van der Waals surface area contributed by atoms with Gasteiger partial charge >= 0.3 is 11.9 Å². The van der Waals surface area contributed by atoms with Gasteiger partial charge in [0.25, 0.3) is 0 Å². The molecular formula is C12H18N2O4S. The zero-order valence-electron chi connectivity index (χ0n) is 11.2. The summed E-state index contributed by atoms with van der Waals surface area (Å²) >= 11 is 1.24. The van der Waals surface area contributed by atoms with Crippen molar-refractivity contribution >= 4 is 28.4 Å². The second-order valence-corrected chi connectivity index (χ2v) is 6.10. The van der Waals surface area contributed by atoms with Crippen molar-refractivity contribution in [3.8, 4) is 0 Å². The summed E-state index contributed by atoms with van der Waals surface area (Å²) in [6, 6.07) is 0. The van der Waals surface area contributed by atoms with Gasteiger partial charge in [0.1, 0.15) is 5.60 Å². The molecular weight excluding hydrogens is 268 g/mol. The number of hydrogen-bond acceptors (Lipinski definition) is 6. The predicted octanol–water partition coefficient (Wildman–Crippen LogP) is 1.70. The lowest BCUT2D eigenvalue weighted by atomic mass is 10.00. The van der Waals surface area contributed by atoms with Gasteiger partial charge in [-0.15, -0.1) is 11.3 Å². The molecule has 0 aliphatic rings. The van der Waals surface area contributed by atoms with Crippen molar-refractivity contribution in [2.75, 3.05) is 5.73 Å². The highest BCUT2D eigenvalue weighted by molar-refractivity contribution is 7.13. The van der Waals surface area contributed by atoms with Crippen LogP contribution in [-0.2, 0) is 20.7 Å². The number of hydrogen-bond donors (Lipinski definition) is 2. The zero-order chi connectivity index (χ0) is 14.6. The minimum absolute atomic E-state index is 0.169. The molecule has 3 N–H and O–H groups in total. The number of aliphatic carboxylic acids is 1. The van der Waals surface area contributed by atoms with E-state index in [9.17, 15) is 9.59 Å². The minimum Gasteiger partial charge on any atom is -0.481 e.